The van der Waals surface area contributed by atoms with Crippen LogP contribution in [0.5, 0.6) is 11.5 Å². The van der Waals surface area contributed by atoms with Gasteiger partial charge in [-0.25, -0.2) is 5.53 Å². The van der Waals surface area contributed by atoms with Gasteiger partial charge in [0.15, 0.2) is 0 Å². The molecule has 7 nitrogen and oxygen atoms in total. The Labute approximate surface area is 165 Å². The highest BCUT2D eigenvalue weighted by Crippen LogP contribution is 2.29. The van der Waals surface area contributed by atoms with Gasteiger partial charge >= 0.3 is 0 Å². The van der Waals surface area contributed by atoms with Crippen molar-refractivity contribution in [3.63, 3.8) is 0 Å². The van der Waals surface area contributed by atoms with E-state index in [0.29, 0.717) is 28.3 Å². The van der Waals surface area contributed by atoms with Gasteiger partial charge in [-0.15, -0.1) is 0 Å². The minimum atomic E-state index is -0.818. The first-order chi connectivity index (χ1) is 13.4. The first-order valence-electron chi connectivity index (χ1n) is 9.02. The molecule has 0 saturated heterocycles. The van der Waals surface area contributed by atoms with Crippen molar-refractivity contribution in [2.24, 2.45) is 5.11 Å². The van der Waals surface area contributed by atoms with Crippen LogP contribution in [-0.4, -0.2) is 18.7 Å². The van der Waals surface area contributed by atoms with Crippen LogP contribution in [0.25, 0.3) is 0 Å². The van der Waals surface area contributed by atoms with E-state index in [1.54, 1.807) is 42.5 Å². The molecule has 0 saturated carbocycles. The van der Waals surface area contributed by atoms with Gasteiger partial charge in [0.25, 0.3) is 6.48 Å². The van der Waals surface area contributed by atoms with Gasteiger partial charge in [0.2, 0.25) is 0 Å². The summed E-state index contributed by atoms with van der Waals surface area (Å²) >= 11 is 0. The first kappa shape index (κ1) is 21.5. The molecule has 0 fully saturated rings. The molecule has 2 aromatic carbocycles. The van der Waals surface area contributed by atoms with Crippen LogP contribution < -0.4 is 4.74 Å². The summed E-state index contributed by atoms with van der Waals surface area (Å²) in [6.45, 7) is 6.93. The highest BCUT2D eigenvalue weighted by atomic mass is 16.8. The van der Waals surface area contributed by atoms with Gasteiger partial charge in [0.1, 0.15) is 11.5 Å². The second kappa shape index (κ2) is 10.5. The minimum absolute atomic E-state index is 0.0601. The van der Waals surface area contributed by atoms with Crippen LogP contribution in [0.1, 0.15) is 38.8 Å². The van der Waals surface area contributed by atoms with Crippen molar-refractivity contribution in [3.05, 3.63) is 53.6 Å². The second-order valence-electron chi connectivity index (χ2n) is 6.61. The summed E-state index contributed by atoms with van der Waals surface area (Å²) in [6, 6.07) is 14.0. The number of nitriles is 1. The average molecular weight is 383 g/mol. The lowest BCUT2D eigenvalue weighted by Crippen LogP contribution is -2.27. The fourth-order valence-corrected chi connectivity index (χ4v) is 2.30. The van der Waals surface area contributed by atoms with Gasteiger partial charge in [-0.1, -0.05) is 0 Å². The van der Waals surface area contributed by atoms with Crippen molar-refractivity contribution < 1.29 is 18.9 Å². The Bertz CT molecular complexity index is 803. The van der Waals surface area contributed by atoms with Crippen molar-refractivity contribution in [2.75, 3.05) is 0 Å². The van der Waals surface area contributed by atoms with Crippen LogP contribution in [-0.2, 0) is 20.8 Å². The van der Waals surface area contributed by atoms with E-state index in [0.717, 1.165) is 0 Å². The summed E-state index contributed by atoms with van der Waals surface area (Å²) in [5, 5.41) is 12.4. The van der Waals surface area contributed by atoms with Crippen molar-refractivity contribution in [2.45, 2.75) is 53.0 Å². The van der Waals surface area contributed by atoms with E-state index >= 15 is 0 Å². The lowest BCUT2D eigenvalue weighted by Gasteiger charge is -2.23. The molecule has 0 aliphatic carbocycles. The Morgan fingerprint density at radius 2 is 1.57 bits per heavy atom. The predicted molar refractivity (Wildman–Crippen MR) is 103 cm³/mol. The van der Waals surface area contributed by atoms with Gasteiger partial charge in [-0.2, -0.15) is 10.4 Å². The first-order valence-corrected chi connectivity index (χ1v) is 9.02. The van der Waals surface area contributed by atoms with Gasteiger partial charge < -0.3 is 18.9 Å². The van der Waals surface area contributed by atoms with Crippen LogP contribution in [0.15, 0.2) is 47.6 Å². The number of nitrogens with one attached hydrogen (secondary N) is 1. The Hall–Kier alpha value is -2.79. The molecular weight excluding hydrogens is 358 g/mol. The Morgan fingerprint density at radius 3 is 2.11 bits per heavy atom. The van der Waals surface area contributed by atoms with Crippen molar-refractivity contribution in [1.29, 1.82) is 10.8 Å². The third-order valence-corrected chi connectivity index (χ3v) is 3.53. The highest BCUT2D eigenvalue weighted by molar-refractivity contribution is 5.50. The summed E-state index contributed by atoms with van der Waals surface area (Å²) in [5.41, 5.74) is 9.07. The summed E-state index contributed by atoms with van der Waals surface area (Å²) in [5.74, 6) is 1.17. The quantitative estimate of drug-likeness (QED) is 0.421. The zero-order chi connectivity index (χ0) is 20.5. The van der Waals surface area contributed by atoms with Crippen molar-refractivity contribution in [3.8, 4) is 17.6 Å². The summed E-state index contributed by atoms with van der Waals surface area (Å²) < 4.78 is 22.8. The fraction of sp³-hybridized carbons (Fsp3) is 0.381. The minimum Gasteiger partial charge on any atom is -0.457 e. The van der Waals surface area contributed by atoms with Crippen LogP contribution in [0.3, 0.4) is 0 Å². The molecular formula is C21H25N3O4. The SMILES string of the molecule is CC(C)OC(OCc1cc(Oc2ccc(C#N)cc2)ccc1N=N)OC(C)C. The standard InChI is InChI=1S/C21H25N3O4/c1-14(2)26-21(27-15(3)4)25-13-17-11-19(9-10-20(17)24-23)28-18-7-5-16(12-22)6-8-18/h5-11,14-15,21,23H,13H2,1-4H3. The average Bonchev–Trinajstić information content (AvgIpc) is 2.66. The molecule has 0 aliphatic rings. The van der Waals surface area contributed by atoms with Crippen LogP contribution in [0.4, 0.5) is 5.69 Å². The predicted octanol–water partition coefficient (Wildman–Crippen LogP) is 5.66. The molecule has 0 spiro atoms. The lowest BCUT2D eigenvalue weighted by molar-refractivity contribution is -0.316. The van der Waals surface area contributed by atoms with E-state index in [1.807, 2.05) is 27.7 Å². The molecule has 28 heavy (non-hydrogen) atoms. The molecule has 0 amide bonds. The van der Waals surface area contributed by atoms with Crippen molar-refractivity contribution in [1.82, 2.24) is 0 Å². The molecule has 0 aromatic heterocycles. The maximum atomic E-state index is 8.87. The van der Waals surface area contributed by atoms with E-state index in [9.17, 15) is 0 Å². The van der Waals surface area contributed by atoms with Gasteiger partial charge in [-0.05, 0) is 70.2 Å². The summed E-state index contributed by atoms with van der Waals surface area (Å²) in [6.07, 6.45) is -0.120. The number of rotatable bonds is 10. The zero-order valence-corrected chi connectivity index (χ0v) is 16.5. The molecule has 0 radical (unpaired) electrons. The lowest BCUT2D eigenvalue weighted by atomic mass is 10.2. The molecule has 0 heterocycles. The molecule has 0 aliphatic heterocycles. The Kier molecular flexibility index (Phi) is 8.08. The highest BCUT2D eigenvalue weighted by Gasteiger charge is 2.16. The maximum absolute atomic E-state index is 8.87. The summed E-state index contributed by atoms with van der Waals surface area (Å²) in [7, 11) is 0. The Morgan fingerprint density at radius 1 is 0.964 bits per heavy atom. The number of hydrogen-bond donors (Lipinski definition) is 1. The molecule has 2 rings (SSSR count). The summed E-state index contributed by atoms with van der Waals surface area (Å²) in [4.78, 5) is 0. The largest absolute Gasteiger partial charge is 0.457 e. The zero-order valence-electron chi connectivity index (χ0n) is 16.5. The molecule has 7 heteroatoms. The smallest absolute Gasteiger partial charge is 0.272 e. The number of hydrogen-bond acceptors (Lipinski definition) is 7. The molecule has 1 N–H and O–H groups in total. The Balaban J connectivity index is 2.12. The van der Waals surface area contributed by atoms with Gasteiger partial charge in [-0.3, -0.25) is 0 Å². The van der Waals surface area contributed by atoms with Gasteiger partial charge in [0.05, 0.1) is 36.1 Å². The van der Waals surface area contributed by atoms with E-state index in [-0.39, 0.29) is 18.8 Å². The molecule has 0 bridgehead atoms. The van der Waals surface area contributed by atoms with Crippen LogP contribution in [0, 0.1) is 16.9 Å². The monoisotopic (exact) mass is 383 g/mol. The third-order valence-electron chi connectivity index (χ3n) is 3.53. The molecule has 0 unspecified atom stereocenters. The van der Waals surface area contributed by atoms with E-state index in [4.69, 9.17) is 29.7 Å². The molecule has 0 atom stereocenters. The van der Waals surface area contributed by atoms with Crippen LogP contribution in [0.2, 0.25) is 0 Å². The molecule has 148 valence electrons. The van der Waals surface area contributed by atoms with E-state index in [1.165, 1.54) is 0 Å². The number of nitrogens with zero attached hydrogens (tertiary/aromatic N) is 2. The second-order valence-corrected chi connectivity index (χ2v) is 6.61. The topological polar surface area (TPSA) is 96.9 Å². The van der Waals surface area contributed by atoms with Crippen molar-refractivity contribution >= 4 is 5.69 Å². The number of benzene rings is 2. The molecule has 2 aromatic rings. The third kappa shape index (κ3) is 6.74. The van der Waals surface area contributed by atoms with E-state index < -0.39 is 6.48 Å². The normalized spacial score (nSPS) is 11.1. The fourth-order valence-electron chi connectivity index (χ4n) is 2.30. The van der Waals surface area contributed by atoms with E-state index in [2.05, 4.69) is 11.2 Å². The van der Waals surface area contributed by atoms with Gasteiger partial charge in [0, 0.05) is 5.56 Å². The maximum Gasteiger partial charge on any atom is 0.272 e. The van der Waals surface area contributed by atoms with Crippen LogP contribution >= 0.6 is 0 Å². The number of ether oxygens (including phenoxy) is 4.